The molecule has 2 unspecified atom stereocenters. The molecule has 0 saturated carbocycles. The lowest BCUT2D eigenvalue weighted by Crippen LogP contribution is -2.23. The number of hydrogen-bond donors (Lipinski definition) is 2. The van der Waals surface area contributed by atoms with Crippen molar-refractivity contribution in [2.24, 2.45) is 0 Å². The first-order chi connectivity index (χ1) is 9.86. The molecular weight excluding hydrogens is 288 g/mol. The monoisotopic (exact) mass is 302 g/mol. The average Bonchev–Trinajstić information content (AvgIpc) is 2.81. The number of rotatable bonds is 8. The van der Waals surface area contributed by atoms with Crippen molar-refractivity contribution in [1.29, 1.82) is 0 Å². The molecule has 1 heterocycles. The Balaban J connectivity index is 2.25. The van der Waals surface area contributed by atoms with E-state index in [0.29, 0.717) is 0 Å². The molecule has 0 saturated heterocycles. The number of carboxylic acids is 2. The Morgan fingerprint density at radius 2 is 1.19 bits per heavy atom. The van der Waals surface area contributed by atoms with Crippen molar-refractivity contribution >= 4 is 23.9 Å². The van der Waals surface area contributed by atoms with Gasteiger partial charge in [0.25, 0.3) is 0 Å². The molecular formula is C12H14O9. The standard InChI is InChI=1S/C12H14O9/c13-7(14)1-3-9(17)19-11-5-6-12(21-11)20-10(18)4-2-8(15)16/h5-6,11-12H,1-4H2,(H,13,14)(H,15,16). The van der Waals surface area contributed by atoms with Crippen LogP contribution in [0.5, 0.6) is 0 Å². The van der Waals surface area contributed by atoms with Crippen LogP contribution in [0.1, 0.15) is 25.7 Å². The number of ether oxygens (including phenoxy) is 3. The van der Waals surface area contributed by atoms with E-state index in [-0.39, 0.29) is 25.7 Å². The van der Waals surface area contributed by atoms with E-state index >= 15 is 0 Å². The van der Waals surface area contributed by atoms with Crippen molar-refractivity contribution < 1.29 is 43.6 Å². The molecule has 0 aromatic carbocycles. The molecule has 0 fully saturated rings. The molecule has 2 N–H and O–H groups in total. The van der Waals surface area contributed by atoms with Gasteiger partial charge in [-0.05, 0) is 12.2 Å². The summed E-state index contributed by atoms with van der Waals surface area (Å²) < 4.78 is 14.6. The predicted octanol–water partition coefficient (Wildman–Crippen LogP) is 0.0410. The smallest absolute Gasteiger partial charge is 0.308 e. The molecule has 0 amide bonds. The van der Waals surface area contributed by atoms with Gasteiger partial charge in [0.15, 0.2) is 0 Å². The van der Waals surface area contributed by atoms with Gasteiger partial charge in [-0.1, -0.05) is 0 Å². The van der Waals surface area contributed by atoms with Gasteiger partial charge in [-0.25, -0.2) is 0 Å². The van der Waals surface area contributed by atoms with Crippen LogP contribution in [-0.4, -0.2) is 46.7 Å². The van der Waals surface area contributed by atoms with E-state index in [4.69, 9.17) is 24.4 Å². The van der Waals surface area contributed by atoms with Crippen molar-refractivity contribution in [2.75, 3.05) is 0 Å². The Bertz CT molecular complexity index is 414. The third-order valence-electron chi connectivity index (χ3n) is 2.27. The molecule has 0 radical (unpaired) electrons. The van der Waals surface area contributed by atoms with Gasteiger partial charge < -0.3 is 19.7 Å². The first-order valence-electron chi connectivity index (χ1n) is 6.03. The second-order valence-corrected chi connectivity index (χ2v) is 4.02. The molecule has 0 aromatic heterocycles. The summed E-state index contributed by atoms with van der Waals surface area (Å²) in [4.78, 5) is 43.0. The van der Waals surface area contributed by atoms with Gasteiger partial charge in [0.1, 0.15) is 0 Å². The normalized spacial score (nSPS) is 20.0. The maximum atomic E-state index is 11.2. The number of carbonyl (C=O) groups is 4. The molecule has 9 heteroatoms. The Hall–Kier alpha value is -2.42. The largest absolute Gasteiger partial charge is 0.481 e. The molecule has 2 atom stereocenters. The van der Waals surface area contributed by atoms with E-state index in [1.54, 1.807) is 0 Å². The van der Waals surface area contributed by atoms with Crippen LogP contribution < -0.4 is 0 Å². The molecule has 0 aliphatic carbocycles. The maximum absolute atomic E-state index is 11.2. The number of carbonyl (C=O) groups excluding carboxylic acids is 2. The van der Waals surface area contributed by atoms with Crippen LogP contribution >= 0.6 is 0 Å². The molecule has 1 rings (SSSR count). The molecule has 0 aromatic rings. The highest BCUT2D eigenvalue weighted by Crippen LogP contribution is 2.15. The summed E-state index contributed by atoms with van der Waals surface area (Å²) in [7, 11) is 0. The summed E-state index contributed by atoms with van der Waals surface area (Å²) in [6.45, 7) is 0. The average molecular weight is 302 g/mol. The van der Waals surface area contributed by atoms with Crippen LogP contribution in [0.4, 0.5) is 0 Å². The van der Waals surface area contributed by atoms with E-state index in [1.807, 2.05) is 0 Å². The topological polar surface area (TPSA) is 136 Å². The number of carboxylic acid groups (broad SMARTS) is 2. The minimum Gasteiger partial charge on any atom is -0.481 e. The third-order valence-corrected chi connectivity index (χ3v) is 2.27. The summed E-state index contributed by atoms with van der Waals surface area (Å²) >= 11 is 0. The molecule has 1 aliphatic heterocycles. The van der Waals surface area contributed by atoms with Gasteiger partial charge in [-0.3, -0.25) is 23.9 Å². The summed E-state index contributed by atoms with van der Waals surface area (Å²) in [6.07, 6.45) is -0.793. The second-order valence-electron chi connectivity index (χ2n) is 4.02. The highest BCUT2D eigenvalue weighted by Gasteiger charge is 2.25. The maximum Gasteiger partial charge on any atom is 0.308 e. The Kier molecular flexibility index (Phi) is 6.34. The SMILES string of the molecule is O=C(O)CCC(=O)OC1C=CC(OC(=O)CCC(=O)O)O1. The Labute approximate surface area is 119 Å². The minimum atomic E-state index is -1.12. The van der Waals surface area contributed by atoms with Crippen molar-refractivity contribution in [3.8, 4) is 0 Å². The van der Waals surface area contributed by atoms with Gasteiger partial charge in [0.05, 0.1) is 25.7 Å². The van der Waals surface area contributed by atoms with Crippen molar-refractivity contribution in [3.05, 3.63) is 12.2 Å². The molecule has 0 bridgehead atoms. The first kappa shape index (κ1) is 16.6. The highest BCUT2D eigenvalue weighted by molar-refractivity contribution is 5.77. The van der Waals surface area contributed by atoms with Gasteiger partial charge >= 0.3 is 23.9 Å². The number of hydrogen-bond acceptors (Lipinski definition) is 7. The number of aliphatic carboxylic acids is 2. The highest BCUT2D eigenvalue weighted by atomic mass is 16.8. The van der Waals surface area contributed by atoms with Crippen LogP contribution in [0.25, 0.3) is 0 Å². The minimum absolute atomic E-state index is 0.300. The molecule has 21 heavy (non-hydrogen) atoms. The lowest BCUT2D eigenvalue weighted by molar-refractivity contribution is -0.204. The third kappa shape index (κ3) is 7.06. The molecule has 9 nitrogen and oxygen atoms in total. The van der Waals surface area contributed by atoms with Crippen LogP contribution in [-0.2, 0) is 33.4 Å². The van der Waals surface area contributed by atoms with Crippen LogP contribution in [0.2, 0.25) is 0 Å². The van der Waals surface area contributed by atoms with Crippen LogP contribution in [0.3, 0.4) is 0 Å². The van der Waals surface area contributed by atoms with E-state index in [9.17, 15) is 19.2 Å². The first-order valence-corrected chi connectivity index (χ1v) is 6.03. The van der Waals surface area contributed by atoms with Crippen molar-refractivity contribution in [1.82, 2.24) is 0 Å². The summed E-state index contributed by atoms with van der Waals surface area (Å²) in [6, 6.07) is 0. The quantitative estimate of drug-likeness (QED) is 0.470. The summed E-state index contributed by atoms with van der Waals surface area (Å²) in [5.74, 6) is -3.77. The molecule has 0 spiro atoms. The number of esters is 2. The zero-order chi connectivity index (χ0) is 15.8. The van der Waals surface area contributed by atoms with E-state index in [0.717, 1.165) is 0 Å². The van der Waals surface area contributed by atoms with Crippen LogP contribution in [0, 0.1) is 0 Å². The zero-order valence-electron chi connectivity index (χ0n) is 10.9. The van der Waals surface area contributed by atoms with Gasteiger partial charge in [0.2, 0.25) is 12.6 Å². The fraction of sp³-hybridized carbons (Fsp3) is 0.500. The van der Waals surface area contributed by atoms with E-state index < -0.39 is 36.5 Å². The molecule has 116 valence electrons. The fourth-order valence-electron chi connectivity index (χ4n) is 1.33. The summed E-state index contributed by atoms with van der Waals surface area (Å²) in [5.41, 5.74) is 0. The predicted molar refractivity (Wildman–Crippen MR) is 63.7 cm³/mol. The second kappa shape index (κ2) is 8.00. The Morgan fingerprint density at radius 3 is 1.52 bits per heavy atom. The van der Waals surface area contributed by atoms with E-state index in [1.165, 1.54) is 12.2 Å². The van der Waals surface area contributed by atoms with Crippen molar-refractivity contribution in [2.45, 2.75) is 38.3 Å². The van der Waals surface area contributed by atoms with Gasteiger partial charge in [-0.15, -0.1) is 0 Å². The van der Waals surface area contributed by atoms with E-state index in [2.05, 4.69) is 0 Å². The van der Waals surface area contributed by atoms with Crippen molar-refractivity contribution in [3.63, 3.8) is 0 Å². The zero-order valence-corrected chi connectivity index (χ0v) is 10.9. The van der Waals surface area contributed by atoms with Gasteiger partial charge in [0, 0.05) is 0 Å². The molecule has 1 aliphatic rings. The summed E-state index contributed by atoms with van der Waals surface area (Å²) in [5, 5.41) is 16.8. The lowest BCUT2D eigenvalue weighted by atomic mass is 10.3. The Morgan fingerprint density at radius 1 is 0.810 bits per heavy atom. The van der Waals surface area contributed by atoms with Crippen LogP contribution in [0.15, 0.2) is 12.2 Å². The van der Waals surface area contributed by atoms with Gasteiger partial charge in [-0.2, -0.15) is 0 Å². The fourth-order valence-corrected chi connectivity index (χ4v) is 1.33. The lowest BCUT2D eigenvalue weighted by Gasteiger charge is -2.14.